The molecule has 0 spiro atoms. The van der Waals surface area contributed by atoms with E-state index >= 15 is 0 Å². The number of carbonyl (C=O) groups excluding carboxylic acids is 1. The molecule has 0 fully saturated rings. The number of aromatic nitrogens is 1. The van der Waals surface area contributed by atoms with Crippen LogP contribution in [0.25, 0.3) is 0 Å². The van der Waals surface area contributed by atoms with Crippen LogP contribution in [0.1, 0.15) is 27.4 Å². The van der Waals surface area contributed by atoms with Gasteiger partial charge in [-0.15, -0.1) is 0 Å². The van der Waals surface area contributed by atoms with Crippen molar-refractivity contribution in [3.8, 4) is 0 Å². The van der Waals surface area contributed by atoms with Crippen molar-refractivity contribution < 1.29 is 19.2 Å². The first kappa shape index (κ1) is 14.8. The summed E-state index contributed by atoms with van der Waals surface area (Å²) in [5, 5.41) is 12.6. The lowest BCUT2D eigenvalue weighted by Gasteiger charge is -2.16. The Balaban J connectivity index is 1.95. The number of aromatic carboxylic acids is 1. The predicted molar refractivity (Wildman–Crippen MR) is 74.8 cm³/mol. The molecule has 0 radical (unpaired) electrons. The highest BCUT2D eigenvalue weighted by Crippen LogP contribution is 2.09. The Morgan fingerprint density at radius 3 is 2.48 bits per heavy atom. The normalized spacial score (nSPS) is 10.4. The van der Waals surface area contributed by atoms with Crippen LogP contribution in [0, 0.1) is 6.92 Å². The summed E-state index contributed by atoms with van der Waals surface area (Å²) < 4.78 is 4.92. The zero-order valence-electron chi connectivity index (χ0n) is 11.9. The third kappa shape index (κ3) is 3.92. The molecule has 1 aromatic carbocycles. The summed E-state index contributed by atoms with van der Waals surface area (Å²) >= 11 is 0. The number of rotatable bonds is 5. The molecule has 1 aromatic heterocycles. The fourth-order valence-electron chi connectivity index (χ4n) is 1.91. The van der Waals surface area contributed by atoms with Crippen molar-refractivity contribution in [3.05, 3.63) is 52.9 Å². The van der Waals surface area contributed by atoms with E-state index < -0.39 is 5.97 Å². The van der Waals surface area contributed by atoms with Crippen LogP contribution in [0.2, 0.25) is 0 Å². The molecule has 2 aromatic rings. The van der Waals surface area contributed by atoms with Gasteiger partial charge in [-0.05, 0) is 24.6 Å². The van der Waals surface area contributed by atoms with Crippen LogP contribution in [-0.4, -0.2) is 34.1 Å². The van der Waals surface area contributed by atoms with Gasteiger partial charge >= 0.3 is 5.97 Å². The van der Waals surface area contributed by atoms with Gasteiger partial charge in [0, 0.05) is 19.7 Å². The summed E-state index contributed by atoms with van der Waals surface area (Å²) in [7, 11) is 1.69. The maximum Gasteiger partial charge on any atom is 0.335 e. The fraction of sp³-hybridized carbons (Fsp3) is 0.267. The van der Waals surface area contributed by atoms with Crippen LogP contribution in [0.4, 0.5) is 0 Å². The van der Waals surface area contributed by atoms with Gasteiger partial charge in [0.2, 0.25) is 5.91 Å². The van der Waals surface area contributed by atoms with Gasteiger partial charge in [-0.1, -0.05) is 17.3 Å². The average molecular weight is 288 g/mol. The predicted octanol–water partition coefficient (Wildman–Crippen LogP) is 1.88. The number of hydrogen-bond donors (Lipinski definition) is 1. The maximum atomic E-state index is 12.1. The van der Waals surface area contributed by atoms with Gasteiger partial charge in [-0.3, -0.25) is 4.79 Å². The fourth-order valence-corrected chi connectivity index (χ4v) is 1.91. The van der Waals surface area contributed by atoms with Gasteiger partial charge in [0.15, 0.2) is 0 Å². The van der Waals surface area contributed by atoms with Gasteiger partial charge in [-0.2, -0.15) is 0 Å². The highest BCUT2D eigenvalue weighted by Gasteiger charge is 2.13. The highest BCUT2D eigenvalue weighted by molar-refractivity contribution is 5.87. The molecule has 6 heteroatoms. The third-order valence-electron chi connectivity index (χ3n) is 3.06. The molecule has 0 aliphatic rings. The second kappa shape index (κ2) is 6.21. The van der Waals surface area contributed by atoms with Crippen LogP contribution in [-0.2, 0) is 17.8 Å². The lowest BCUT2D eigenvalue weighted by atomic mass is 10.1. The molecule has 1 amide bonds. The third-order valence-corrected chi connectivity index (χ3v) is 3.06. The second-order valence-corrected chi connectivity index (χ2v) is 4.86. The number of likely N-dealkylation sites (N-methyl/N-ethyl adjacent to an activating group) is 1. The Bertz CT molecular complexity index is 646. The SMILES string of the molecule is Cc1cc(CC(=O)N(C)Cc2ccc(C(=O)O)cc2)no1. The molecule has 0 bridgehead atoms. The van der Waals surface area contributed by atoms with Gasteiger partial charge in [0.1, 0.15) is 5.76 Å². The quantitative estimate of drug-likeness (QED) is 0.908. The molecular weight excluding hydrogens is 272 g/mol. The molecule has 0 unspecified atom stereocenters. The Kier molecular flexibility index (Phi) is 4.37. The Morgan fingerprint density at radius 2 is 1.95 bits per heavy atom. The Hall–Kier alpha value is -2.63. The number of benzene rings is 1. The number of carboxylic acids is 1. The number of hydrogen-bond acceptors (Lipinski definition) is 4. The number of carbonyl (C=O) groups is 2. The van der Waals surface area contributed by atoms with E-state index in [4.69, 9.17) is 9.63 Å². The van der Waals surface area contributed by atoms with E-state index in [0.717, 1.165) is 5.56 Å². The number of amides is 1. The van der Waals surface area contributed by atoms with Crippen LogP contribution in [0.15, 0.2) is 34.9 Å². The van der Waals surface area contributed by atoms with Crippen molar-refractivity contribution in [1.82, 2.24) is 10.1 Å². The summed E-state index contributed by atoms with van der Waals surface area (Å²) in [5.41, 5.74) is 1.70. The molecule has 0 atom stereocenters. The van der Waals surface area contributed by atoms with Crippen molar-refractivity contribution in [3.63, 3.8) is 0 Å². The summed E-state index contributed by atoms with van der Waals surface area (Å²) in [4.78, 5) is 24.4. The lowest BCUT2D eigenvalue weighted by molar-refractivity contribution is -0.129. The average Bonchev–Trinajstić information content (AvgIpc) is 2.84. The summed E-state index contributed by atoms with van der Waals surface area (Å²) in [6, 6.07) is 8.18. The van der Waals surface area contributed by atoms with Gasteiger partial charge in [0.05, 0.1) is 17.7 Å². The van der Waals surface area contributed by atoms with E-state index in [2.05, 4.69) is 5.16 Å². The zero-order valence-corrected chi connectivity index (χ0v) is 11.9. The van der Waals surface area contributed by atoms with Crippen molar-refractivity contribution >= 4 is 11.9 Å². The molecular formula is C15H16N2O4. The monoisotopic (exact) mass is 288 g/mol. The van der Waals surface area contributed by atoms with E-state index in [1.165, 1.54) is 12.1 Å². The van der Waals surface area contributed by atoms with Crippen molar-refractivity contribution in [2.24, 2.45) is 0 Å². The summed E-state index contributed by atoms with van der Waals surface area (Å²) in [6.45, 7) is 2.18. The van der Waals surface area contributed by atoms with E-state index in [1.54, 1.807) is 37.1 Å². The first-order chi connectivity index (χ1) is 9.95. The van der Waals surface area contributed by atoms with Crippen LogP contribution >= 0.6 is 0 Å². The van der Waals surface area contributed by atoms with Crippen LogP contribution < -0.4 is 0 Å². The Morgan fingerprint density at radius 1 is 1.29 bits per heavy atom. The van der Waals surface area contributed by atoms with Crippen molar-refractivity contribution in [2.45, 2.75) is 19.9 Å². The molecule has 110 valence electrons. The molecule has 0 saturated heterocycles. The van der Waals surface area contributed by atoms with Crippen molar-refractivity contribution in [1.29, 1.82) is 0 Å². The molecule has 21 heavy (non-hydrogen) atoms. The van der Waals surface area contributed by atoms with Gasteiger partial charge in [0.25, 0.3) is 0 Å². The van der Waals surface area contributed by atoms with E-state index in [-0.39, 0.29) is 17.9 Å². The first-order valence-electron chi connectivity index (χ1n) is 6.44. The molecule has 0 aliphatic heterocycles. The molecule has 0 saturated carbocycles. The zero-order chi connectivity index (χ0) is 15.4. The number of nitrogens with zero attached hydrogens (tertiary/aromatic N) is 2. The van der Waals surface area contributed by atoms with E-state index in [0.29, 0.717) is 18.0 Å². The van der Waals surface area contributed by atoms with Gasteiger partial charge in [-0.25, -0.2) is 4.79 Å². The minimum atomic E-state index is -0.965. The van der Waals surface area contributed by atoms with E-state index in [1.807, 2.05) is 0 Å². The van der Waals surface area contributed by atoms with E-state index in [9.17, 15) is 9.59 Å². The largest absolute Gasteiger partial charge is 0.478 e. The maximum absolute atomic E-state index is 12.1. The smallest absolute Gasteiger partial charge is 0.335 e. The first-order valence-corrected chi connectivity index (χ1v) is 6.44. The topological polar surface area (TPSA) is 83.6 Å². The molecule has 2 rings (SSSR count). The van der Waals surface area contributed by atoms with Crippen LogP contribution in [0.5, 0.6) is 0 Å². The van der Waals surface area contributed by atoms with Crippen molar-refractivity contribution in [2.75, 3.05) is 7.05 Å². The second-order valence-electron chi connectivity index (χ2n) is 4.86. The van der Waals surface area contributed by atoms with Crippen LogP contribution in [0.3, 0.4) is 0 Å². The molecule has 1 N–H and O–H groups in total. The number of carboxylic acid groups (broad SMARTS) is 1. The molecule has 1 heterocycles. The number of aryl methyl sites for hydroxylation is 1. The summed E-state index contributed by atoms with van der Waals surface area (Å²) in [6.07, 6.45) is 0.182. The highest BCUT2D eigenvalue weighted by atomic mass is 16.5. The molecule has 6 nitrogen and oxygen atoms in total. The lowest BCUT2D eigenvalue weighted by Crippen LogP contribution is -2.27. The Labute approximate surface area is 122 Å². The minimum Gasteiger partial charge on any atom is -0.478 e. The van der Waals surface area contributed by atoms with Gasteiger partial charge < -0.3 is 14.5 Å². The standard InChI is InChI=1S/C15H16N2O4/c1-10-7-13(16-21-10)8-14(18)17(2)9-11-3-5-12(6-4-11)15(19)20/h3-7H,8-9H2,1-2H3,(H,19,20). The minimum absolute atomic E-state index is 0.0781. The molecule has 0 aliphatic carbocycles. The summed E-state index contributed by atoms with van der Waals surface area (Å²) in [5.74, 6) is -0.372.